The molecule has 0 aliphatic carbocycles. The first-order chi connectivity index (χ1) is 9.33. The van der Waals surface area contributed by atoms with E-state index in [9.17, 15) is 9.59 Å². The summed E-state index contributed by atoms with van der Waals surface area (Å²) in [6, 6.07) is -0.606. The quantitative estimate of drug-likeness (QED) is 0.819. The van der Waals surface area contributed by atoms with Crippen LogP contribution in [0.5, 0.6) is 0 Å². The van der Waals surface area contributed by atoms with Crippen LogP contribution in [0, 0.1) is 12.8 Å². The number of nitrogens with two attached hydrogens (primary N) is 1. The number of carbonyl (C=O) groups excluding carboxylic acids is 2. The number of nitrogens with zero attached hydrogens (tertiary/aromatic N) is 2. The lowest BCUT2D eigenvalue weighted by molar-refractivity contribution is -0.145. The van der Waals surface area contributed by atoms with Crippen molar-refractivity contribution in [3.63, 3.8) is 0 Å². The van der Waals surface area contributed by atoms with Gasteiger partial charge >= 0.3 is 11.9 Å². The molecule has 0 bridgehead atoms. The SMILES string of the molecule is COC(=O)c1nc(C)n(C(CC(C)C)C(=O)OC)c1N. The molecule has 0 radical (unpaired) electrons. The van der Waals surface area contributed by atoms with Crippen LogP contribution < -0.4 is 5.73 Å². The summed E-state index contributed by atoms with van der Waals surface area (Å²) in [5, 5.41) is 0. The summed E-state index contributed by atoms with van der Waals surface area (Å²) >= 11 is 0. The summed E-state index contributed by atoms with van der Waals surface area (Å²) in [5.41, 5.74) is 5.96. The number of aryl methyl sites for hydroxylation is 1. The molecule has 0 saturated heterocycles. The normalized spacial score (nSPS) is 12.3. The number of rotatable bonds is 5. The van der Waals surface area contributed by atoms with Gasteiger partial charge in [-0.1, -0.05) is 13.8 Å². The molecule has 0 aromatic carbocycles. The lowest BCUT2D eigenvalue weighted by Gasteiger charge is -2.20. The Kier molecular flexibility index (Phi) is 5.12. The third kappa shape index (κ3) is 3.09. The average Bonchev–Trinajstić information content (AvgIpc) is 2.69. The van der Waals surface area contributed by atoms with Crippen molar-refractivity contribution in [3.05, 3.63) is 11.5 Å². The van der Waals surface area contributed by atoms with Gasteiger partial charge in [0.1, 0.15) is 17.7 Å². The topological polar surface area (TPSA) is 96.4 Å². The van der Waals surface area contributed by atoms with E-state index in [2.05, 4.69) is 9.72 Å². The third-order valence-electron chi connectivity index (χ3n) is 2.98. The Bertz CT molecular complexity index is 508. The molecule has 1 rings (SSSR count). The summed E-state index contributed by atoms with van der Waals surface area (Å²) in [4.78, 5) is 27.6. The molecule has 1 atom stereocenters. The Balaban J connectivity index is 3.30. The van der Waals surface area contributed by atoms with Crippen LogP contribution in [0.4, 0.5) is 5.82 Å². The highest BCUT2D eigenvalue weighted by Gasteiger charge is 2.29. The zero-order valence-electron chi connectivity index (χ0n) is 12.5. The van der Waals surface area contributed by atoms with E-state index in [0.29, 0.717) is 12.2 Å². The van der Waals surface area contributed by atoms with E-state index in [1.54, 1.807) is 6.92 Å². The fourth-order valence-corrected chi connectivity index (χ4v) is 2.09. The predicted octanol–water partition coefficient (Wildman–Crippen LogP) is 1.32. The molecule has 0 fully saturated rings. The van der Waals surface area contributed by atoms with Crippen LogP contribution in [0.1, 0.15) is 42.6 Å². The van der Waals surface area contributed by atoms with Crippen molar-refractivity contribution in [2.24, 2.45) is 5.92 Å². The van der Waals surface area contributed by atoms with Crippen molar-refractivity contribution in [2.45, 2.75) is 33.2 Å². The minimum Gasteiger partial charge on any atom is -0.467 e. The lowest BCUT2D eigenvalue weighted by atomic mass is 10.0. The molecule has 112 valence electrons. The minimum absolute atomic E-state index is 0.0164. The van der Waals surface area contributed by atoms with Crippen LogP contribution in [0.25, 0.3) is 0 Å². The van der Waals surface area contributed by atoms with Crippen molar-refractivity contribution >= 4 is 17.8 Å². The second-order valence-corrected chi connectivity index (χ2v) is 4.92. The molecular formula is C13H21N3O4. The van der Waals surface area contributed by atoms with E-state index in [0.717, 1.165) is 0 Å². The molecule has 20 heavy (non-hydrogen) atoms. The maximum absolute atomic E-state index is 12.0. The van der Waals surface area contributed by atoms with Gasteiger partial charge in [0.15, 0.2) is 5.69 Å². The summed E-state index contributed by atoms with van der Waals surface area (Å²) in [6.07, 6.45) is 0.536. The molecule has 7 heteroatoms. The van der Waals surface area contributed by atoms with Gasteiger partial charge in [-0.2, -0.15) is 0 Å². The van der Waals surface area contributed by atoms with E-state index < -0.39 is 18.0 Å². The van der Waals surface area contributed by atoms with Crippen molar-refractivity contribution < 1.29 is 19.1 Å². The number of ether oxygens (including phenoxy) is 2. The number of carbonyl (C=O) groups is 2. The molecule has 2 N–H and O–H groups in total. The molecule has 1 aromatic rings. The van der Waals surface area contributed by atoms with Crippen LogP contribution in [0.3, 0.4) is 0 Å². The highest BCUT2D eigenvalue weighted by Crippen LogP contribution is 2.26. The lowest BCUT2D eigenvalue weighted by Crippen LogP contribution is -2.25. The Morgan fingerprint density at radius 2 is 1.90 bits per heavy atom. The molecule has 0 amide bonds. The van der Waals surface area contributed by atoms with Gasteiger partial charge in [0.05, 0.1) is 14.2 Å². The van der Waals surface area contributed by atoms with Crippen LogP contribution in [-0.2, 0) is 14.3 Å². The fraction of sp³-hybridized carbons (Fsp3) is 0.615. The van der Waals surface area contributed by atoms with Gasteiger partial charge in [0.25, 0.3) is 0 Å². The Morgan fingerprint density at radius 3 is 2.35 bits per heavy atom. The van der Waals surface area contributed by atoms with Crippen molar-refractivity contribution in [3.8, 4) is 0 Å². The van der Waals surface area contributed by atoms with Crippen molar-refractivity contribution in [1.82, 2.24) is 9.55 Å². The highest BCUT2D eigenvalue weighted by molar-refractivity contribution is 5.92. The fourth-order valence-electron chi connectivity index (χ4n) is 2.09. The van der Waals surface area contributed by atoms with Gasteiger partial charge in [-0.3, -0.25) is 0 Å². The molecule has 0 spiro atoms. The summed E-state index contributed by atoms with van der Waals surface area (Å²) < 4.78 is 11.0. The van der Waals surface area contributed by atoms with Gasteiger partial charge in [0.2, 0.25) is 0 Å². The molecule has 1 unspecified atom stereocenters. The molecule has 1 aromatic heterocycles. The van der Waals surface area contributed by atoms with E-state index in [4.69, 9.17) is 10.5 Å². The first kappa shape index (κ1) is 16.0. The Morgan fingerprint density at radius 1 is 1.30 bits per heavy atom. The zero-order chi connectivity index (χ0) is 15.4. The smallest absolute Gasteiger partial charge is 0.360 e. The van der Waals surface area contributed by atoms with E-state index in [1.807, 2.05) is 13.8 Å². The summed E-state index contributed by atoms with van der Waals surface area (Å²) in [6.45, 7) is 5.65. The maximum Gasteiger partial charge on any atom is 0.360 e. The number of hydrogen-bond donors (Lipinski definition) is 1. The van der Waals surface area contributed by atoms with Crippen LogP contribution >= 0.6 is 0 Å². The van der Waals surface area contributed by atoms with Crippen molar-refractivity contribution in [1.29, 1.82) is 0 Å². The molecule has 0 aliphatic heterocycles. The standard InChI is InChI=1S/C13H21N3O4/c1-7(2)6-9(12(17)19-4)16-8(3)15-10(11(16)14)13(18)20-5/h7,9H,6,14H2,1-5H3. The average molecular weight is 283 g/mol. The van der Waals surface area contributed by atoms with Gasteiger partial charge < -0.3 is 19.8 Å². The zero-order valence-corrected chi connectivity index (χ0v) is 12.5. The summed E-state index contributed by atoms with van der Waals surface area (Å²) in [5.74, 6) is -0.203. The number of nitrogen functional groups attached to an aromatic ring is 1. The molecule has 0 saturated carbocycles. The highest BCUT2D eigenvalue weighted by atomic mass is 16.5. The first-order valence-corrected chi connectivity index (χ1v) is 6.33. The van der Waals surface area contributed by atoms with Crippen LogP contribution in [-0.4, -0.2) is 35.7 Å². The second kappa shape index (κ2) is 6.40. The van der Waals surface area contributed by atoms with Gasteiger partial charge in [-0.25, -0.2) is 14.6 Å². The van der Waals surface area contributed by atoms with E-state index >= 15 is 0 Å². The van der Waals surface area contributed by atoms with Crippen LogP contribution in [0.15, 0.2) is 0 Å². The third-order valence-corrected chi connectivity index (χ3v) is 2.98. The van der Waals surface area contributed by atoms with Crippen molar-refractivity contribution in [2.75, 3.05) is 20.0 Å². The van der Waals surface area contributed by atoms with E-state index in [-0.39, 0.29) is 17.4 Å². The first-order valence-electron chi connectivity index (χ1n) is 6.33. The van der Waals surface area contributed by atoms with Gasteiger partial charge in [0, 0.05) is 0 Å². The molecular weight excluding hydrogens is 262 g/mol. The second-order valence-electron chi connectivity index (χ2n) is 4.92. The number of anilines is 1. The van der Waals surface area contributed by atoms with Gasteiger partial charge in [-0.05, 0) is 19.3 Å². The number of imidazole rings is 1. The monoisotopic (exact) mass is 283 g/mol. The Hall–Kier alpha value is -2.05. The van der Waals surface area contributed by atoms with E-state index in [1.165, 1.54) is 18.8 Å². The van der Waals surface area contributed by atoms with Gasteiger partial charge in [-0.15, -0.1) is 0 Å². The molecule has 7 nitrogen and oxygen atoms in total. The Labute approximate surface area is 118 Å². The maximum atomic E-state index is 12.0. The number of aromatic nitrogens is 2. The summed E-state index contributed by atoms with van der Waals surface area (Å²) in [7, 11) is 2.57. The molecule has 0 aliphatic rings. The largest absolute Gasteiger partial charge is 0.467 e. The molecule has 1 heterocycles. The number of esters is 2. The number of methoxy groups -OCH3 is 2. The predicted molar refractivity (Wildman–Crippen MR) is 73.2 cm³/mol. The minimum atomic E-state index is -0.627. The van der Waals surface area contributed by atoms with Crippen LogP contribution in [0.2, 0.25) is 0 Å². The number of hydrogen-bond acceptors (Lipinski definition) is 6.